The van der Waals surface area contributed by atoms with Gasteiger partial charge >= 0.3 is 0 Å². The van der Waals surface area contributed by atoms with Gasteiger partial charge in [0.15, 0.2) is 0 Å². The van der Waals surface area contributed by atoms with Crippen LogP contribution in [0.2, 0.25) is 0 Å². The van der Waals surface area contributed by atoms with Crippen LogP contribution in [0.5, 0.6) is 0 Å². The molecule has 0 spiro atoms. The standard InChI is InChI=1S/C22H24N2OS/c1-15(25)13-24-12-11-20-21(14-24)26-22(23-20)19-10-6-9-18(16(19)2)17-7-4-3-5-8-17/h3-10,15,25H,11-14H2,1-2H3. The van der Waals surface area contributed by atoms with E-state index < -0.39 is 0 Å². The summed E-state index contributed by atoms with van der Waals surface area (Å²) in [5, 5.41) is 10.8. The van der Waals surface area contributed by atoms with E-state index in [4.69, 9.17) is 4.98 Å². The summed E-state index contributed by atoms with van der Waals surface area (Å²) >= 11 is 1.80. The van der Waals surface area contributed by atoms with E-state index in [0.717, 1.165) is 31.1 Å². The quantitative estimate of drug-likeness (QED) is 0.739. The number of aliphatic hydroxyl groups is 1. The Kier molecular flexibility index (Phi) is 4.90. The van der Waals surface area contributed by atoms with Crippen LogP contribution >= 0.6 is 11.3 Å². The molecule has 4 heteroatoms. The molecule has 1 aliphatic rings. The van der Waals surface area contributed by atoms with Crippen LogP contribution in [0.25, 0.3) is 21.7 Å². The fourth-order valence-corrected chi connectivity index (χ4v) is 4.92. The van der Waals surface area contributed by atoms with E-state index in [1.165, 1.54) is 32.8 Å². The van der Waals surface area contributed by atoms with E-state index in [9.17, 15) is 5.11 Å². The highest BCUT2D eigenvalue weighted by Crippen LogP contribution is 2.36. The zero-order valence-electron chi connectivity index (χ0n) is 15.3. The smallest absolute Gasteiger partial charge is 0.124 e. The molecule has 0 radical (unpaired) electrons. The van der Waals surface area contributed by atoms with Crippen LogP contribution in [0, 0.1) is 6.92 Å². The maximum absolute atomic E-state index is 9.66. The number of aromatic nitrogens is 1. The zero-order valence-corrected chi connectivity index (χ0v) is 16.1. The first-order valence-electron chi connectivity index (χ1n) is 9.16. The third-order valence-corrected chi connectivity index (χ3v) is 6.10. The molecule has 2 heterocycles. The Morgan fingerprint density at radius 1 is 1.12 bits per heavy atom. The first-order chi connectivity index (χ1) is 12.6. The summed E-state index contributed by atoms with van der Waals surface area (Å²) in [6.07, 6.45) is 0.685. The molecule has 4 rings (SSSR count). The van der Waals surface area contributed by atoms with Gasteiger partial charge in [-0.15, -0.1) is 11.3 Å². The predicted molar refractivity (Wildman–Crippen MR) is 108 cm³/mol. The van der Waals surface area contributed by atoms with Crippen molar-refractivity contribution in [2.45, 2.75) is 32.9 Å². The van der Waals surface area contributed by atoms with Crippen LogP contribution in [-0.4, -0.2) is 34.2 Å². The number of β-amino-alcohol motifs (C(OH)–C–C–N with tert-alkyl or cyclic N) is 1. The monoisotopic (exact) mass is 364 g/mol. The van der Waals surface area contributed by atoms with E-state index in [1.54, 1.807) is 11.3 Å². The van der Waals surface area contributed by atoms with Gasteiger partial charge in [0.1, 0.15) is 5.01 Å². The molecular weight excluding hydrogens is 340 g/mol. The first-order valence-corrected chi connectivity index (χ1v) is 9.98. The van der Waals surface area contributed by atoms with Crippen LogP contribution in [0.4, 0.5) is 0 Å². The lowest BCUT2D eigenvalue weighted by molar-refractivity contribution is 0.119. The lowest BCUT2D eigenvalue weighted by Gasteiger charge is -2.26. The number of thiazole rings is 1. The fraction of sp³-hybridized carbons (Fsp3) is 0.318. The van der Waals surface area contributed by atoms with E-state index in [1.807, 2.05) is 6.92 Å². The van der Waals surface area contributed by atoms with Crippen molar-refractivity contribution in [3.63, 3.8) is 0 Å². The summed E-state index contributed by atoms with van der Waals surface area (Å²) in [5.74, 6) is 0. The number of fused-ring (bicyclic) bond motifs is 1. The Hall–Kier alpha value is -2.01. The Bertz CT molecular complexity index is 902. The van der Waals surface area contributed by atoms with Crippen molar-refractivity contribution in [3.05, 3.63) is 64.7 Å². The maximum atomic E-state index is 9.66. The molecular formula is C22H24N2OS. The van der Waals surface area contributed by atoms with Gasteiger partial charge in [-0.3, -0.25) is 4.90 Å². The third-order valence-electron chi connectivity index (χ3n) is 4.98. The lowest BCUT2D eigenvalue weighted by Crippen LogP contribution is -2.35. The summed E-state index contributed by atoms with van der Waals surface area (Å²) in [7, 11) is 0. The average Bonchev–Trinajstić information content (AvgIpc) is 3.05. The minimum atomic E-state index is -0.284. The Morgan fingerprint density at radius 3 is 2.65 bits per heavy atom. The fourth-order valence-electron chi connectivity index (χ4n) is 3.69. The second kappa shape index (κ2) is 7.31. The van der Waals surface area contributed by atoms with Gasteiger partial charge in [0.05, 0.1) is 11.8 Å². The zero-order chi connectivity index (χ0) is 18.1. The third kappa shape index (κ3) is 3.45. The minimum absolute atomic E-state index is 0.284. The number of rotatable bonds is 4. The van der Waals surface area contributed by atoms with E-state index in [0.29, 0.717) is 0 Å². The van der Waals surface area contributed by atoms with Crippen molar-refractivity contribution in [3.8, 4) is 21.7 Å². The molecule has 3 nitrogen and oxygen atoms in total. The molecule has 134 valence electrons. The van der Waals surface area contributed by atoms with Gasteiger partial charge in [0.25, 0.3) is 0 Å². The van der Waals surface area contributed by atoms with Crippen LogP contribution in [0.15, 0.2) is 48.5 Å². The SMILES string of the molecule is Cc1c(-c2ccccc2)cccc1-c1nc2c(s1)CN(CC(C)O)CC2. The summed E-state index contributed by atoms with van der Waals surface area (Å²) in [6, 6.07) is 17.0. The molecule has 26 heavy (non-hydrogen) atoms. The van der Waals surface area contributed by atoms with Crippen LogP contribution in [0.3, 0.4) is 0 Å². The van der Waals surface area contributed by atoms with Crippen molar-refractivity contribution < 1.29 is 5.11 Å². The van der Waals surface area contributed by atoms with Crippen molar-refractivity contribution in [1.82, 2.24) is 9.88 Å². The summed E-state index contributed by atoms with van der Waals surface area (Å²) in [4.78, 5) is 8.63. The average molecular weight is 365 g/mol. The van der Waals surface area contributed by atoms with Crippen LogP contribution in [-0.2, 0) is 13.0 Å². The highest BCUT2D eigenvalue weighted by molar-refractivity contribution is 7.15. The molecule has 1 atom stereocenters. The molecule has 1 unspecified atom stereocenters. The highest BCUT2D eigenvalue weighted by Gasteiger charge is 2.22. The first kappa shape index (κ1) is 17.4. The lowest BCUT2D eigenvalue weighted by atomic mass is 9.97. The molecule has 0 fully saturated rings. The van der Waals surface area contributed by atoms with Gasteiger partial charge in [-0.2, -0.15) is 0 Å². The van der Waals surface area contributed by atoms with Gasteiger partial charge in [0, 0.05) is 36.5 Å². The second-order valence-electron chi connectivity index (χ2n) is 7.07. The molecule has 0 saturated heterocycles. The van der Waals surface area contributed by atoms with E-state index >= 15 is 0 Å². The molecule has 0 saturated carbocycles. The summed E-state index contributed by atoms with van der Waals surface area (Å²) < 4.78 is 0. The Morgan fingerprint density at radius 2 is 1.88 bits per heavy atom. The van der Waals surface area contributed by atoms with Crippen molar-refractivity contribution in [1.29, 1.82) is 0 Å². The van der Waals surface area contributed by atoms with Gasteiger partial charge in [-0.05, 0) is 30.5 Å². The molecule has 2 aromatic carbocycles. The van der Waals surface area contributed by atoms with Gasteiger partial charge < -0.3 is 5.11 Å². The van der Waals surface area contributed by atoms with Crippen molar-refractivity contribution in [2.24, 2.45) is 0 Å². The second-order valence-corrected chi connectivity index (χ2v) is 8.15. The summed E-state index contributed by atoms with van der Waals surface area (Å²) in [5.41, 5.74) is 6.26. The molecule has 1 aromatic heterocycles. The highest BCUT2D eigenvalue weighted by atomic mass is 32.1. The van der Waals surface area contributed by atoms with Crippen LogP contribution < -0.4 is 0 Å². The van der Waals surface area contributed by atoms with Gasteiger partial charge in [0.2, 0.25) is 0 Å². The number of nitrogens with zero attached hydrogens (tertiary/aromatic N) is 2. The minimum Gasteiger partial charge on any atom is -0.392 e. The number of benzene rings is 2. The van der Waals surface area contributed by atoms with Gasteiger partial charge in [-0.1, -0.05) is 48.5 Å². The van der Waals surface area contributed by atoms with Gasteiger partial charge in [-0.25, -0.2) is 4.98 Å². The molecule has 3 aromatic rings. The Balaban J connectivity index is 1.67. The normalized spacial score (nSPS) is 15.7. The molecule has 0 amide bonds. The number of aliphatic hydroxyl groups excluding tert-OH is 1. The predicted octanol–water partition coefficient (Wildman–Crippen LogP) is 4.52. The van der Waals surface area contributed by atoms with E-state index in [2.05, 4.69) is 60.4 Å². The van der Waals surface area contributed by atoms with Crippen molar-refractivity contribution in [2.75, 3.05) is 13.1 Å². The molecule has 0 aliphatic carbocycles. The summed E-state index contributed by atoms with van der Waals surface area (Å²) in [6.45, 7) is 6.65. The maximum Gasteiger partial charge on any atom is 0.124 e. The largest absolute Gasteiger partial charge is 0.392 e. The number of hydrogen-bond acceptors (Lipinski definition) is 4. The molecule has 1 aliphatic heterocycles. The van der Waals surface area contributed by atoms with Crippen molar-refractivity contribution >= 4 is 11.3 Å². The molecule has 0 bridgehead atoms. The van der Waals surface area contributed by atoms with Crippen LogP contribution in [0.1, 0.15) is 23.1 Å². The van der Waals surface area contributed by atoms with E-state index in [-0.39, 0.29) is 6.10 Å². The number of hydrogen-bond donors (Lipinski definition) is 1. The molecule has 1 N–H and O–H groups in total. The Labute approximate surface area is 159 Å². The topological polar surface area (TPSA) is 36.4 Å².